The Labute approximate surface area is 124 Å². The Morgan fingerprint density at radius 2 is 2.19 bits per heavy atom. The molecule has 8 heteroatoms. The van der Waals surface area contributed by atoms with Crippen LogP contribution in [0.25, 0.3) is 0 Å². The number of nitrogens with zero attached hydrogens (tertiary/aromatic N) is 2. The minimum Gasteiger partial charge on any atom is -0.315 e. The highest BCUT2D eigenvalue weighted by atomic mass is 32.2. The highest BCUT2D eigenvalue weighted by Gasteiger charge is 2.33. The molecule has 1 heterocycles. The first-order valence-electron chi connectivity index (χ1n) is 6.85. The van der Waals surface area contributed by atoms with Crippen LogP contribution in [0.4, 0.5) is 5.69 Å². The van der Waals surface area contributed by atoms with Crippen LogP contribution in [0.15, 0.2) is 23.1 Å². The predicted molar refractivity (Wildman–Crippen MR) is 78.7 cm³/mol. The van der Waals surface area contributed by atoms with Crippen molar-refractivity contribution in [2.45, 2.75) is 31.2 Å². The van der Waals surface area contributed by atoms with Gasteiger partial charge in [-0.1, -0.05) is 13.0 Å². The van der Waals surface area contributed by atoms with E-state index in [1.807, 2.05) is 0 Å². The Morgan fingerprint density at radius 1 is 1.48 bits per heavy atom. The maximum absolute atomic E-state index is 12.7. The minimum atomic E-state index is -3.72. The molecule has 116 valence electrons. The summed E-state index contributed by atoms with van der Waals surface area (Å²) in [5, 5.41) is 14.1. The highest BCUT2D eigenvalue weighted by Crippen LogP contribution is 2.26. The number of nitrogens with one attached hydrogen (secondary N) is 1. The number of sulfonamides is 1. The van der Waals surface area contributed by atoms with Crippen molar-refractivity contribution in [2.24, 2.45) is 0 Å². The monoisotopic (exact) mass is 313 g/mol. The van der Waals surface area contributed by atoms with Crippen LogP contribution in [0, 0.1) is 17.0 Å². The molecule has 1 atom stereocenters. The van der Waals surface area contributed by atoms with Crippen molar-refractivity contribution in [1.82, 2.24) is 9.62 Å². The molecule has 0 spiro atoms. The van der Waals surface area contributed by atoms with Crippen LogP contribution in [-0.2, 0) is 10.0 Å². The number of nitro benzene ring substituents is 1. The van der Waals surface area contributed by atoms with Gasteiger partial charge in [-0.3, -0.25) is 10.1 Å². The summed E-state index contributed by atoms with van der Waals surface area (Å²) >= 11 is 0. The standard InChI is InChI=1S/C13H19N3O4S/c1-3-15(11-6-7-14-9-11)21(19,20)12-5-4-10(2)13(8-12)16(17)18/h4-5,8,11,14H,3,6-7,9H2,1-2H3. The zero-order chi connectivity index (χ0) is 15.6. The van der Waals surface area contributed by atoms with E-state index < -0.39 is 14.9 Å². The molecule has 0 amide bonds. The molecule has 1 fully saturated rings. The Bertz CT molecular complexity index is 639. The van der Waals surface area contributed by atoms with Crippen LogP contribution in [0.3, 0.4) is 0 Å². The number of nitro groups is 1. The SMILES string of the molecule is CCN(C1CCNC1)S(=O)(=O)c1ccc(C)c([N+](=O)[O-])c1. The van der Waals surface area contributed by atoms with Crippen molar-refractivity contribution in [3.63, 3.8) is 0 Å². The zero-order valence-corrected chi connectivity index (χ0v) is 12.9. The smallest absolute Gasteiger partial charge is 0.273 e. The van der Waals surface area contributed by atoms with Gasteiger partial charge in [-0.25, -0.2) is 8.42 Å². The molecule has 1 aromatic carbocycles. The van der Waals surface area contributed by atoms with E-state index in [0.29, 0.717) is 18.7 Å². The second kappa shape index (κ2) is 6.08. The first kappa shape index (κ1) is 15.9. The topological polar surface area (TPSA) is 92.6 Å². The van der Waals surface area contributed by atoms with Crippen molar-refractivity contribution >= 4 is 15.7 Å². The number of hydrogen-bond acceptors (Lipinski definition) is 5. The number of hydrogen-bond donors (Lipinski definition) is 1. The Morgan fingerprint density at radius 3 is 2.71 bits per heavy atom. The van der Waals surface area contributed by atoms with Crippen LogP contribution in [0.1, 0.15) is 18.9 Å². The van der Waals surface area contributed by atoms with Gasteiger partial charge >= 0.3 is 0 Å². The zero-order valence-electron chi connectivity index (χ0n) is 12.1. The van der Waals surface area contributed by atoms with Gasteiger partial charge in [0.05, 0.1) is 9.82 Å². The summed E-state index contributed by atoms with van der Waals surface area (Å²) in [5.41, 5.74) is 0.279. The van der Waals surface area contributed by atoms with Gasteiger partial charge in [0, 0.05) is 30.8 Å². The van der Waals surface area contributed by atoms with Crippen LogP contribution < -0.4 is 5.32 Å². The summed E-state index contributed by atoms with van der Waals surface area (Å²) < 4.78 is 26.8. The number of rotatable bonds is 5. The largest absolute Gasteiger partial charge is 0.315 e. The lowest BCUT2D eigenvalue weighted by Crippen LogP contribution is -2.41. The van der Waals surface area contributed by atoms with Crippen molar-refractivity contribution in [3.8, 4) is 0 Å². The van der Waals surface area contributed by atoms with Gasteiger partial charge in [0.2, 0.25) is 10.0 Å². The molecular formula is C13H19N3O4S. The predicted octanol–water partition coefficient (Wildman–Crippen LogP) is 1.28. The normalized spacial score (nSPS) is 19.1. The van der Waals surface area contributed by atoms with Gasteiger partial charge in [0.15, 0.2) is 0 Å². The second-order valence-electron chi connectivity index (χ2n) is 5.06. The van der Waals surface area contributed by atoms with E-state index in [1.165, 1.54) is 16.4 Å². The maximum Gasteiger partial charge on any atom is 0.273 e. The van der Waals surface area contributed by atoms with E-state index >= 15 is 0 Å². The van der Waals surface area contributed by atoms with Crippen LogP contribution in [0.5, 0.6) is 0 Å². The van der Waals surface area contributed by atoms with Gasteiger partial charge in [-0.2, -0.15) is 4.31 Å². The third-order valence-corrected chi connectivity index (χ3v) is 5.76. The van der Waals surface area contributed by atoms with Crippen molar-refractivity contribution in [2.75, 3.05) is 19.6 Å². The molecule has 1 saturated heterocycles. The summed E-state index contributed by atoms with van der Waals surface area (Å²) in [5.74, 6) is 0. The van der Waals surface area contributed by atoms with Gasteiger partial charge in [-0.05, 0) is 26.0 Å². The lowest BCUT2D eigenvalue weighted by molar-refractivity contribution is -0.385. The van der Waals surface area contributed by atoms with E-state index in [1.54, 1.807) is 13.8 Å². The number of aryl methyl sites for hydroxylation is 1. The van der Waals surface area contributed by atoms with Crippen LogP contribution >= 0.6 is 0 Å². The fourth-order valence-corrected chi connectivity index (χ4v) is 4.28. The average molecular weight is 313 g/mol. The van der Waals surface area contributed by atoms with Crippen LogP contribution in [-0.4, -0.2) is 43.3 Å². The average Bonchev–Trinajstić information content (AvgIpc) is 2.93. The quantitative estimate of drug-likeness (QED) is 0.653. The highest BCUT2D eigenvalue weighted by molar-refractivity contribution is 7.89. The van der Waals surface area contributed by atoms with E-state index in [0.717, 1.165) is 19.0 Å². The second-order valence-corrected chi connectivity index (χ2v) is 6.95. The molecule has 21 heavy (non-hydrogen) atoms. The lowest BCUT2D eigenvalue weighted by atomic mass is 10.2. The minimum absolute atomic E-state index is 0.0199. The Balaban J connectivity index is 2.42. The summed E-state index contributed by atoms with van der Waals surface area (Å²) in [4.78, 5) is 10.4. The molecule has 0 aliphatic carbocycles. The lowest BCUT2D eigenvalue weighted by Gasteiger charge is -2.26. The van der Waals surface area contributed by atoms with E-state index in [2.05, 4.69) is 5.32 Å². The Hall–Kier alpha value is -1.51. The van der Waals surface area contributed by atoms with Crippen molar-refractivity contribution < 1.29 is 13.3 Å². The van der Waals surface area contributed by atoms with Crippen molar-refractivity contribution in [1.29, 1.82) is 0 Å². The third-order valence-electron chi connectivity index (χ3n) is 3.74. The summed E-state index contributed by atoms with van der Waals surface area (Å²) in [7, 11) is -3.72. The van der Waals surface area contributed by atoms with E-state index in [4.69, 9.17) is 0 Å². The van der Waals surface area contributed by atoms with E-state index in [9.17, 15) is 18.5 Å². The number of likely N-dealkylation sites (N-methyl/N-ethyl adjacent to an activating group) is 1. The molecular weight excluding hydrogens is 294 g/mol. The van der Waals surface area contributed by atoms with Gasteiger partial charge in [0.1, 0.15) is 0 Å². The fraction of sp³-hybridized carbons (Fsp3) is 0.538. The molecule has 0 saturated carbocycles. The molecule has 0 bridgehead atoms. The van der Waals surface area contributed by atoms with Gasteiger partial charge in [-0.15, -0.1) is 0 Å². The summed E-state index contributed by atoms with van der Waals surface area (Å²) in [6, 6.07) is 3.96. The fourth-order valence-electron chi connectivity index (χ4n) is 2.59. The molecule has 1 aliphatic heterocycles. The summed E-state index contributed by atoms with van der Waals surface area (Å²) in [6.45, 7) is 5.10. The molecule has 1 N–H and O–H groups in total. The van der Waals surface area contributed by atoms with Crippen molar-refractivity contribution in [3.05, 3.63) is 33.9 Å². The molecule has 2 rings (SSSR count). The molecule has 1 aromatic rings. The van der Waals surface area contributed by atoms with E-state index in [-0.39, 0.29) is 16.6 Å². The Kier molecular flexibility index (Phi) is 4.60. The molecule has 1 unspecified atom stereocenters. The van der Waals surface area contributed by atoms with Gasteiger partial charge in [0.25, 0.3) is 5.69 Å². The van der Waals surface area contributed by atoms with Gasteiger partial charge < -0.3 is 5.32 Å². The molecule has 0 aromatic heterocycles. The summed E-state index contributed by atoms with van der Waals surface area (Å²) in [6.07, 6.45) is 0.751. The number of benzene rings is 1. The van der Waals surface area contributed by atoms with Crippen LogP contribution in [0.2, 0.25) is 0 Å². The first-order chi connectivity index (χ1) is 9.87. The molecule has 7 nitrogen and oxygen atoms in total. The first-order valence-corrected chi connectivity index (χ1v) is 8.29. The third kappa shape index (κ3) is 3.07. The molecule has 0 radical (unpaired) electrons. The maximum atomic E-state index is 12.7. The molecule has 1 aliphatic rings.